The van der Waals surface area contributed by atoms with Crippen LogP contribution in [0.3, 0.4) is 0 Å². The minimum atomic E-state index is 0.712. The van der Waals surface area contributed by atoms with Crippen molar-refractivity contribution < 1.29 is 4.74 Å². The summed E-state index contributed by atoms with van der Waals surface area (Å²) in [6, 6.07) is 0.859. The summed E-state index contributed by atoms with van der Waals surface area (Å²) in [5.41, 5.74) is 2.60. The zero-order valence-corrected chi connectivity index (χ0v) is 15.8. The molecule has 1 aliphatic carbocycles. The Labute approximate surface area is 156 Å². The van der Waals surface area contributed by atoms with Gasteiger partial charge in [-0.3, -0.25) is 9.80 Å². The summed E-state index contributed by atoms with van der Waals surface area (Å²) in [7, 11) is 0. The van der Waals surface area contributed by atoms with Crippen molar-refractivity contribution in [2.45, 2.75) is 44.7 Å². The first-order valence-electron chi connectivity index (χ1n) is 10.5. The maximum Gasteiger partial charge on any atom is 0.225 e. The lowest BCUT2D eigenvalue weighted by Gasteiger charge is -2.43. The Hall–Kier alpha value is -1.24. The topological polar surface area (TPSA) is 44.7 Å². The molecule has 0 aromatic carbocycles. The van der Waals surface area contributed by atoms with Crippen molar-refractivity contribution >= 4 is 5.95 Å². The van der Waals surface area contributed by atoms with Crippen LogP contribution in [0.5, 0.6) is 0 Å². The second-order valence-electron chi connectivity index (χ2n) is 8.46. The molecule has 0 amide bonds. The minimum absolute atomic E-state index is 0.712. The van der Waals surface area contributed by atoms with Crippen molar-refractivity contribution in [3.05, 3.63) is 17.5 Å². The summed E-state index contributed by atoms with van der Waals surface area (Å²) >= 11 is 0. The first-order valence-corrected chi connectivity index (χ1v) is 10.5. The maximum atomic E-state index is 5.52. The summed E-state index contributed by atoms with van der Waals surface area (Å²) in [6.07, 6.45) is 8.58. The fraction of sp³-hybridized carbons (Fsp3) is 0.800. The van der Waals surface area contributed by atoms with Crippen LogP contribution in [0.15, 0.2) is 6.20 Å². The summed E-state index contributed by atoms with van der Waals surface area (Å²) in [6.45, 7) is 9.64. The van der Waals surface area contributed by atoms with Crippen LogP contribution in [0.1, 0.15) is 36.9 Å². The van der Waals surface area contributed by atoms with Gasteiger partial charge in [-0.15, -0.1) is 0 Å². The van der Waals surface area contributed by atoms with Crippen LogP contribution in [0.4, 0.5) is 5.95 Å². The van der Waals surface area contributed by atoms with Crippen LogP contribution in [0.2, 0.25) is 0 Å². The zero-order chi connectivity index (χ0) is 17.3. The summed E-state index contributed by atoms with van der Waals surface area (Å²) < 4.78 is 5.52. The lowest BCUT2D eigenvalue weighted by Crippen LogP contribution is -2.52. The molecule has 3 fully saturated rings. The molecule has 26 heavy (non-hydrogen) atoms. The van der Waals surface area contributed by atoms with E-state index in [0.29, 0.717) is 5.92 Å². The van der Waals surface area contributed by atoms with Gasteiger partial charge in [0.25, 0.3) is 0 Å². The average molecular weight is 358 g/mol. The van der Waals surface area contributed by atoms with Crippen LogP contribution in [-0.2, 0) is 17.7 Å². The monoisotopic (exact) mass is 357 g/mol. The van der Waals surface area contributed by atoms with Crippen LogP contribution in [-0.4, -0.2) is 78.3 Å². The van der Waals surface area contributed by atoms with Crippen molar-refractivity contribution in [3.63, 3.8) is 0 Å². The van der Waals surface area contributed by atoms with E-state index in [1.54, 1.807) is 0 Å². The molecule has 1 aromatic heterocycles. The van der Waals surface area contributed by atoms with Gasteiger partial charge >= 0.3 is 0 Å². The Morgan fingerprint density at radius 2 is 1.96 bits per heavy atom. The SMILES string of the molecule is c1nc(N2CCN(C3CCC3)CC2)nc2c1CN(CC1CCOC1)CC2. The van der Waals surface area contributed by atoms with E-state index in [0.717, 1.165) is 64.3 Å². The van der Waals surface area contributed by atoms with Gasteiger partial charge in [-0.25, -0.2) is 9.97 Å². The third kappa shape index (κ3) is 3.47. The van der Waals surface area contributed by atoms with Gasteiger partial charge in [-0.05, 0) is 25.2 Å². The molecule has 0 bridgehead atoms. The molecular formula is C20H31N5O. The number of fused-ring (bicyclic) bond motifs is 1. The fourth-order valence-electron chi connectivity index (χ4n) is 4.80. The van der Waals surface area contributed by atoms with E-state index in [-0.39, 0.29) is 0 Å². The third-order valence-electron chi connectivity index (χ3n) is 6.73. The Balaban J connectivity index is 1.19. The zero-order valence-electron chi connectivity index (χ0n) is 15.8. The molecular weight excluding hydrogens is 326 g/mol. The van der Waals surface area contributed by atoms with Crippen molar-refractivity contribution in [1.82, 2.24) is 19.8 Å². The van der Waals surface area contributed by atoms with Gasteiger partial charge in [0.05, 0.1) is 12.3 Å². The fourth-order valence-corrected chi connectivity index (χ4v) is 4.80. The molecule has 2 saturated heterocycles. The number of anilines is 1. The van der Waals surface area contributed by atoms with Gasteiger partial charge in [0.2, 0.25) is 5.95 Å². The van der Waals surface area contributed by atoms with E-state index in [2.05, 4.69) is 20.9 Å². The predicted molar refractivity (Wildman–Crippen MR) is 101 cm³/mol. The Morgan fingerprint density at radius 1 is 1.08 bits per heavy atom. The molecule has 4 heterocycles. The van der Waals surface area contributed by atoms with Crippen molar-refractivity contribution in [3.8, 4) is 0 Å². The smallest absolute Gasteiger partial charge is 0.225 e. The molecule has 1 saturated carbocycles. The minimum Gasteiger partial charge on any atom is -0.381 e. The standard InChI is InChI=1S/C20H31N5O/c1-2-18(3-1)24-7-9-25(10-8-24)20-21-12-17-14-23(6-4-19(17)22-20)13-16-5-11-26-15-16/h12,16,18H,1-11,13-15H2. The molecule has 1 aromatic rings. The molecule has 3 aliphatic heterocycles. The van der Waals surface area contributed by atoms with E-state index >= 15 is 0 Å². The third-order valence-corrected chi connectivity index (χ3v) is 6.73. The molecule has 5 rings (SSSR count). The van der Waals surface area contributed by atoms with E-state index in [1.807, 2.05) is 0 Å². The number of nitrogens with zero attached hydrogens (tertiary/aromatic N) is 5. The van der Waals surface area contributed by atoms with Crippen LogP contribution in [0, 0.1) is 5.92 Å². The number of hydrogen-bond acceptors (Lipinski definition) is 6. The Bertz CT molecular complexity index is 621. The summed E-state index contributed by atoms with van der Waals surface area (Å²) in [5, 5.41) is 0. The van der Waals surface area contributed by atoms with E-state index in [9.17, 15) is 0 Å². The van der Waals surface area contributed by atoms with Crippen molar-refractivity contribution in [2.75, 3.05) is 57.4 Å². The number of rotatable bonds is 4. The predicted octanol–water partition coefficient (Wildman–Crippen LogP) is 1.55. The molecule has 1 unspecified atom stereocenters. The first-order chi connectivity index (χ1) is 12.8. The molecule has 0 spiro atoms. The van der Waals surface area contributed by atoms with Crippen molar-refractivity contribution in [2.24, 2.45) is 5.92 Å². The molecule has 6 heteroatoms. The second kappa shape index (κ2) is 7.41. The number of piperazine rings is 1. The highest BCUT2D eigenvalue weighted by Crippen LogP contribution is 2.27. The lowest BCUT2D eigenvalue weighted by atomic mass is 9.91. The number of aromatic nitrogens is 2. The van der Waals surface area contributed by atoms with Crippen LogP contribution < -0.4 is 4.90 Å². The van der Waals surface area contributed by atoms with Gasteiger partial charge in [0, 0.05) is 76.6 Å². The lowest BCUT2D eigenvalue weighted by molar-refractivity contribution is 0.120. The highest BCUT2D eigenvalue weighted by molar-refractivity contribution is 5.35. The molecule has 142 valence electrons. The van der Waals surface area contributed by atoms with E-state index in [4.69, 9.17) is 14.7 Å². The summed E-state index contributed by atoms with van der Waals surface area (Å²) in [5.74, 6) is 1.67. The molecule has 0 N–H and O–H groups in total. The second-order valence-corrected chi connectivity index (χ2v) is 8.46. The maximum absolute atomic E-state index is 5.52. The van der Waals surface area contributed by atoms with Gasteiger partial charge < -0.3 is 9.64 Å². The van der Waals surface area contributed by atoms with E-state index in [1.165, 1.54) is 50.0 Å². The van der Waals surface area contributed by atoms with Crippen LogP contribution >= 0.6 is 0 Å². The normalized spacial score (nSPS) is 28.2. The molecule has 6 nitrogen and oxygen atoms in total. The van der Waals surface area contributed by atoms with Crippen molar-refractivity contribution in [1.29, 1.82) is 0 Å². The van der Waals surface area contributed by atoms with Gasteiger partial charge in [0.15, 0.2) is 0 Å². The summed E-state index contributed by atoms with van der Waals surface area (Å²) in [4.78, 5) is 17.3. The van der Waals surface area contributed by atoms with Crippen LogP contribution in [0.25, 0.3) is 0 Å². The van der Waals surface area contributed by atoms with Gasteiger partial charge in [-0.1, -0.05) is 6.42 Å². The van der Waals surface area contributed by atoms with Gasteiger partial charge in [-0.2, -0.15) is 0 Å². The number of hydrogen-bond donors (Lipinski definition) is 0. The average Bonchev–Trinajstić information content (AvgIpc) is 3.13. The largest absolute Gasteiger partial charge is 0.381 e. The van der Waals surface area contributed by atoms with Gasteiger partial charge in [0.1, 0.15) is 0 Å². The molecule has 0 radical (unpaired) electrons. The molecule has 1 atom stereocenters. The molecule has 4 aliphatic rings. The highest BCUT2D eigenvalue weighted by Gasteiger charge is 2.29. The Morgan fingerprint density at radius 3 is 2.69 bits per heavy atom. The highest BCUT2D eigenvalue weighted by atomic mass is 16.5. The van der Waals surface area contributed by atoms with E-state index < -0.39 is 0 Å². The first kappa shape index (κ1) is 16.9. The number of ether oxygens (including phenoxy) is 1. The Kier molecular flexibility index (Phi) is 4.82. The quantitative estimate of drug-likeness (QED) is 0.815.